The lowest BCUT2D eigenvalue weighted by Crippen LogP contribution is -2.31. The molecule has 28 heavy (non-hydrogen) atoms. The molecule has 0 saturated carbocycles. The standard InChI is InChI=1S/C26H35N2/c1-2-3-4-5-12-19-27-21-22-28(23-27)20-13-18-26(24-14-8-6-9-15-24)25-16-10-7-11-17-25/h6-11,14-17,21-23,26H,2-5,12-13,18-20H2,1H3/q+1. The quantitative estimate of drug-likeness (QED) is 0.257. The molecule has 0 spiro atoms. The zero-order valence-electron chi connectivity index (χ0n) is 17.3. The molecule has 0 unspecified atom stereocenters. The first-order valence-corrected chi connectivity index (χ1v) is 11.0. The summed E-state index contributed by atoms with van der Waals surface area (Å²) >= 11 is 0. The van der Waals surface area contributed by atoms with Gasteiger partial charge in [0.25, 0.3) is 0 Å². The van der Waals surface area contributed by atoms with Crippen LogP contribution >= 0.6 is 0 Å². The summed E-state index contributed by atoms with van der Waals surface area (Å²) in [5.74, 6) is 0.476. The third-order valence-corrected chi connectivity index (χ3v) is 5.58. The van der Waals surface area contributed by atoms with Gasteiger partial charge in [0.05, 0.1) is 13.1 Å². The molecule has 0 amide bonds. The largest absolute Gasteiger partial charge is 0.243 e. The van der Waals surface area contributed by atoms with Gasteiger partial charge in [0, 0.05) is 5.92 Å². The van der Waals surface area contributed by atoms with Crippen LogP contribution in [0.5, 0.6) is 0 Å². The first kappa shape index (κ1) is 20.4. The smallest absolute Gasteiger partial charge is 0.237 e. The van der Waals surface area contributed by atoms with Gasteiger partial charge < -0.3 is 0 Å². The van der Waals surface area contributed by atoms with Crippen LogP contribution in [0.25, 0.3) is 0 Å². The number of rotatable bonds is 12. The SMILES string of the molecule is CCCCCCCn1cc[n+](CCCC(c2ccccc2)c2ccccc2)c1. The Labute approximate surface area is 170 Å². The number of hydrogen-bond donors (Lipinski definition) is 0. The van der Waals surface area contributed by atoms with Crippen molar-refractivity contribution < 1.29 is 4.57 Å². The second-order valence-electron chi connectivity index (χ2n) is 7.82. The van der Waals surface area contributed by atoms with E-state index in [1.54, 1.807) is 0 Å². The van der Waals surface area contributed by atoms with E-state index >= 15 is 0 Å². The van der Waals surface area contributed by atoms with E-state index in [9.17, 15) is 0 Å². The Morgan fingerprint density at radius 1 is 0.786 bits per heavy atom. The number of aromatic nitrogens is 2. The normalized spacial score (nSPS) is 11.2. The van der Waals surface area contributed by atoms with Gasteiger partial charge >= 0.3 is 0 Å². The summed E-state index contributed by atoms with van der Waals surface area (Å²) in [5.41, 5.74) is 2.84. The van der Waals surface area contributed by atoms with Crippen molar-refractivity contribution in [2.24, 2.45) is 0 Å². The molecule has 2 heteroatoms. The van der Waals surface area contributed by atoms with Gasteiger partial charge in [0.1, 0.15) is 12.4 Å². The number of nitrogens with zero attached hydrogens (tertiary/aromatic N) is 2. The summed E-state index contributed by atoms with van der Waals surface area (Å²) in [7, 11) is 0. The van der Waals surface area contributed by atoms with Crippen LogP contribution in [0, 0.1) is 0 Å². The third kappa shape index (κ3) is 6.37. The minimum atomic E-state index is 0.476. The van der Waals surface area contributed by atoms with Gasteiger partial charge in [-0.1, -0.05) is 86.8 Å². The summed E-state index contributed by atoms with van der Waals surface area (Å²) in [6.07, 6.45) is 15.8. The summed E-state index contributed by atoms with van der Waals surface area (Å²) in [4.78, 5) is 0. The van der Waals surface area contributed by atoms with Crippen LogP contribution in [0.1, 0.15) is 68.9 Å². The fourth-order valence-corrected chi connectivity index (χ4v) is 3.98. The topological polar surface area (TPSA) is 8.81 Å². The van der Waals surface area contributed by atoms with Gasteiger partial charge in [-0.3, -0.25) is 0 Å². The lowest BCUT2D eigenvalue weighted by Gasteiger charge is -2.17. The van der Waals surface area contributed by atoms with Crippen molar-refractivity contribution in [2.75, 3.05) is 0 Å². The highest BCUT2D eigenvalue weighted by molar-refractivity contribution is 5.32. The molecule has 0 fully saturated rings. The first-order valence-electron chi connectivity index (χ1n) is 11.0. The molecule has 2 nitrogen and oxygen atoms in total. The lowest BCUT2D eigenvalue weighted by molar-refractivity contribution is -0.697. The molecule has 1 aromatic heterocycles. The molecule has 0 radical (unpaired) electrons. The minimum Gasteiger partial charge on any atom is -0.237 e. The highest BCUT2D eigenvalue weighted by Gasteiger charge is 2.14. The lowest BCUT2D eigenvalue weighted by atomic mass is 9.87. The maximum Gasteiger partial charge on any atom is 0.243 e. The summed E-state index contributed by atoms with van der Waals surface area (Å²) in [6, 6.07) is 21.9. The van der Waals surface area contributed by atoms with Crippen molar-refractivity contribution >= 4 is 0 Å². The second-order valence-corrected chi connectivity index (χ2v) is 7.82. The average Bonchev–Trinajstić information content (AvgIpc) is 3.20. The summed E-state index contributed by atoms with van der Waals surface area (Å²) in [5, 5.41) is 0. The highest BCUT2D eigenvalue weighted by atomic mass is 15.1. The van der Waals surface area contributed by atoms with Gasteiger partial charge in [0.2, 0.25) is 6.33 Å². The van der Waals surface area contributed by atoms with Crippen LogP contribution in [-0.4, -0.2) is 4.57 Å². The van der Waals surface area contributed by atoms with Crippen molar-refractivity contribution in [3.63, 3.8) is 0 Å². The Morgan fingerprint density at radius 3 is 2.07 bits per heavy atom. The molecule has 1 heterocycles. The molecule has 0 aliphatic rings. The van der Waals surface area contributed by atoms with Crippen molar-refractivity contribution in [1.29, 1.82) is 0 Å². The van der Waals surface area contributed by atoms with Crippen LogP contribution in [0.2, 0.25) is 0 Å². The predicted molar refractivity (Wildman–Crippen MR) is 117 cm³/mol. The number of unbranched alkanes of at least 4 members (excludes halogenated alkanes) is 4. The summed E-state index contributed by atoms with van der Waals surface area (Å²) < 4.78 is 4.69. The zero-order chi connectivity index (χ0) is 19.4. The molecule has 0 aliphatic heterocycles. The Bertz CT molecular complexity index is 737. The van der Waals surface area contributed by atoms with Crippen LogP contribution in [0.15, 0.2) is 79.4 Å². The predicted octanol–water partition coefficient (Wildman–Crippen LogP) is 6.36. The molecule has 0 aliphatic carbocycles. The molecule has 0 N–H and O–H groups in total. The van der Waals surface area contributed by atoms with E-state index in [4.69, 9.17) is 0 Å². The third-order valence-electron chi connectivity index (χ3n) is 5.58. The molecule has 3 rings (SSSR count). The number of imidazole rings is 1. The van der Waals surface area contributed by atoms with Gasteiger partial charge in [-0.25, -0.2) is 9.13 Å². The van der Waals surface area contributed by atoms with Crippen molar-refractivity contribution in [3.05, 3.63) is 90.5 Å². The van der Waals surface area contributed by atoms with E-state index in [1.807, 2.05) is 0 Å². The van der Waals surface area contributed by atoms with Crippen molar-refractivity contribution in [3.8, 4) is 0 Å². The Kier molecular flexibility index (Phi) is 8.36. The van der Waals surface area contributed by atoms with Gasteiger partial charge in [-0.2, -0.15) is 0 Å². The Balaban J connectivity index is 1.51. The van der Waals surface area contributed by atoms with Gasteiger partial charge in [-0.05, 0) is 36.8 Å². The molecule has 148 valence electrons. The number of aryl methyl sites for hydroxylation is 2. The molecule has 0 bridgehead atoms. The molecule has 0 atom stereocenters. The maximum absolute atomic E-state index is 2.35. The summed E-state index contributed by atoms with van der Waals surface area (Å²) in [6.45, 7) is 4.50. The van der Waals surface area contributed by atoms with Crippen LogP contribution in [-0.2, 0) is 13.1 Å². The van der Waals surface area contributed by atoms with Crippen LogP contribution in [0.4, 0.5) is 0 Å². The monoisotopic (exact) mass is 375 g/mol. The van der Waals surface area contributed by atoms with Crippen LogP contribution in [0.3, 0.4) is 0 Å². The zero-order valence-corrected chi connectivity index (χ0v) is 17.3. The van der Waals surface area contributed by atoms with E-state index in [1.165, 1.54) is 56.1 Å². The minimum absolute atomic E-state index is 0.476. The van der Waals surface area contributed by atoms with Gasteiger partial charge in [-0.15, -0.1) is 0 Å². The average molecular weight is 376 g/mol. The van der Waals surface area contributed by atoms with E-state index in [0.717, 1.165) is 13.1 Å². The molecule has 2 aromatic carbocycles. The molecule has 0 saturated heterocycles. The Hall–Kier alpha value is -2.35. The van der Waals surface area contributed by atoms with E-state index < -0.39 is 0 Å². The van der Waals surface area contributed by atoms with Crippen LogP contribution < -0.4 is 4.57 Å². The van der Waals surface area contributed by atoms with E-state index in [0.29, 0.717) is 5.92 Å². The fourth-order valence-electron chi connectivity index (χ4n) is 3.98. The molecular formula is C26H35N2+. The van der Waals surface area contributed by atoms with E-state index in [2.05, 4.69) is 95.4 Å². The second kappa shape index (κ2) is 11.5. The van der Waals surface area contributed by atoms with Crippen molar-refractivity contribution in [2.45, 2.75) is 70.9 Å². The highest BCUT2D eigenvalue weighted by Crippen LogP contribution is 2.28. The number of benzene rings is 2. The number of hydrogen-bond acceptors (Lipinski definition) is 0. The molecule has 3 aromatic rings. The van der Waals surface area contributed by atoms with Crippen molar-refractivity contribution in [1.82, 2.24) is 4.57 Å². The van der Waals surface area contributed by atoms with E-state index in [-0.39, 0.29) is 0 Å². The fraction of sp³-hybridized carbons (Fsp3) is 0.423. The Morgan fingerprint density at radius 2 is 1.43 bits per heavy atom. The maximum atomic E-state index is 2.35. The van der Waals surface area contributed by atoms with Gasteiger partial charge in [0.15, 0.2) is 0 Å². The first-order chi connectivity index (χ1) is 13.9. The molecular weight excluding hydrogens is 340 g/mol.